The number of pyridine rings is 1. The summed E-state index contributed by atoms with van der Waals surface area (Å²) < 4.78 is 0. The van der Waals surface area contributed by atoms with Gasteiger partial charge in [-0.05, 0) is 50.0 Å². The highest BCUT2D eigenvalue weighted by Crippen LogP contribution is 2.29. The van der Waals surface area contributed by atoms with E-state index in [9.17, 15) is 0 Å². The predicted molar refractivity (Wildman–Crippen MR) is 95.4 cm³/mol. The van der Waals surface area contributed by atoms with Gasteiger partial charge in [-0.25, -0.2) is 0 Å². The number of hydrogen-bond acceptors (Lipinski definition) is 2. The fraction of sp³-hybridized carbons (Fsp3) is 0.350. The first kappa shape index (κ1) is 14.5. The van der Waals surface area contributed by atoms with E-state index in [1.54, 1.807) is 0 Å². The Labute approximate surface area is 137 Å². The molecule has 3 nitrogen and oxygen atoms in total. The van der Waals surface area contributed by atoms with Crippen LogP contribution < -0.4 is 0 Å². The number of nitrogens with one attached hydrogen (secondary N) is 1. The summed E-state index contributed by atoms with van der Waals surface area (Å²) >= 11 is 0. The Balaban J connectivity index is 1.58. The number of hydrogen-bond donors (Lipinski definition) is 1. The maximum atomic E-state index is 4.72. The molecule has 1 N–H and O–H groups in total. The molecule has 1 aromatic carbocycles. The van der Waals surface area contributed by atoms with Crippen LogP contribution in [-0.2, 0) is 6.54 Å². The zero-order valence-electron chi connectivity index (χ0n) is 13.7. The second kappa shape index (κ2) is 6.17. The van der Waals surface area contributed by atoms with Gasteiger partial charge in [0.05, 0.1) is 5.69 Å². The number of aromatic nitrogens is 2. The zero-order valence-corrected chi connectivity index (χ0v) is 13.7. The van der Waals surface area contributed by atoms with Crippen molar-refractivity contribution in [2.45, 2.75) is 32.7 Å². The average molecular weight is 305 g/mol. The lowest BCUT2D eigenvalue weighted by Crippen LogP contribution is -2.29. The van der Waals surface area contributed by atoms with Gasteiger partial charge in [-0.2, -0.15) is 0 Å². The number of piperidine rings is 1. The molecule has 0 atom stereocenters. The van der Waals surface area contributed by atoms with Gasteiger partial charge in [-0.15, -0.1) is 0 Å². The van der Waals surface area contributed by atoms with E-state index in [0.29, 0.717) is 0 Å². The zero-order chi connectivity index (χ0) is 15.6. The first-order chi connectivity index (χ1) is 11.3. The second-order valence-corrected chi connectivity index (χ2v) is 6.59. The van der Waals surface area contributed by atoms with E-state index in [2.05, 4.69) is 53.3 Å². The monoisotopic (exact) mass is 305 g/mol. The van der Waals surface area contributed by atoms with Gasteiger partial charge in [0.1, 0.15) is 0 Å². The van der Waals surface area contributed by atoms with Gasteiger partial charge in [0.2, 0.25) is 0 Å². The molecule has 4 rings (SSSR count). The Morgan fingerprint density at radius 3 is 2.74 bits per heavy atom. The molecule has 0 amide bonds. The number of likely N-dealkylation sites (tertiary alicyclic amines) is 1. The summed E-state index contributed by atoms with van der Waals surface area (Å²) in [6.45, 7) is 5.62. The van der Waals surface area contributed by atoms with Crippen molar-refractivity contribution in [3.05, 3.63) is 53.9 Å². The van der Waals surface area contributed by atoms with Crippen molar-refractivity contribution >= 4 is 10.9 Å². The lowest BCUT2D eigenvalue weighted by molar-refractivity contribution is 0.220. The molecule has 0 saturated carbocycles. The third-order valence-electron chi connectivity index (χ3n) is 4.88. The van der Waals surface area contributed by atoms with Crippen LogP contribution in [0.4, 0.5) is 0 Å². The fourth-order valence-corrected chi connectivity index (χ4v) is 3.57. The molecule has 0 unspecified atom stereocenters. The number of rotatable bonds is 3. The number of aromatic amines is 1. The van der Waals surface area contributed by atoms with E-state index >= 15 is 0 Å². The number of nitrogens with zero attached hydrogens (tertiary/aromatic N) is 2. The van der Waals surface area contributed by atoms with E-state index in [-0.39, 0.29) is 0 Å². The van der Waals surface area contributed by atoms with Gasteiger partial charge in [0.25, 0.3) is 0 Å². The van der Waals surface area contributed by atoms with Crippen LogP contribution in [0, 0.1) is 6.92 Å². The Morgan fingerprint density at radius 1 is 1.09 bits per heavy atom. The summed E-state index contributed by atoms with van der Waals surface area (Å²) in [5.74, 6) is 0. The first-order valence-electron chi connectivity index (χ1n) is 8.55. The molecule has 3 aromatic rings. The van der Waals surface area contributed by atoms with Gasteiger partial charge >= 0.3 is 0 Å². The van der Waals surface area contributed by atoms with Crippen LogP contribution in [0.5, 0.6) is 0 Å². The third kappa shape index (κ3) is 2.89. The van der Waals surface area contributed by atoms with Crippen LogP contribution in [0.1, 0.15) is 30.4 Å². The maximum absolute atomic E-state index is 4.72. The van der Waals surface area contributed by atoms with Crippen LogP contribution in [0.2, 0.25) is 0 Å². The minimum atomic E-state index is 1.03. The van der Waals surface area contributed by atoms with Crippen molar-refractivity contribution in [3.63, 3.8) is 0 Å². The van der Waals surface area contributed by atoms with E-state index < -0.39 is 0 Å². The summed E-state index contributed by atoms with van der Waals surface area (Å²) in [7, 11) is 0. The minimum Gasteiger partial charge on any atom is -0.360 e. The quantitative estimate of drug-likeness (QED) is 0.771. The molecular formula is C20H23N3. The number of fused-ring (bicyclic) bond motifs is 1. The van der Waals surface area contributed by atoms with Gasteiger partial charge in [-0.3, -0.25) is 9.88 Å². The standard InChI is InChI=1S/C20H23N3/c1-15-6-5-7-17-18(13-22-20(15)17)19-9-8-16(12-21-19)14-23-10-3-2-4-11-23/h5-9,12-13,22H,2-4,10-11,14H2,1H3. The number of benzene rings is 1. The molecule has 23 heavy (non-hydrogen) atoms. The molecule has 0 bridgehead atoms. The molecule has 1 fully saturated rings. The number of para-hydroxylation sites is 1. The highest BCUT2D eigenvalue weighted by atomic mass is 15.1. The molecule has 1 saturated heterocycles. The van der Waals surface area contributed by atoms with Crippen molar-refractivity contribution in [2.24, 2.45) is 0 Å². The topological polar surface area (TPSA) is 31.9 Å². The summed E-state index contributed by atoms with van der Waals surface area (Å²) in [6.07, 6.45) is 8.16. The SMILES string of the molecule is Cc1cccc2c(-c3ccc(CN4CCCCC4)cn3)c[nH]c12. The Hall–Kier alpha value is -2.13. The number of H-pyrrole nitrogens is 1. The Bertz CT molecular complexity index is 795. The lowest BCUT2D eigenvalue weighted by atomic mass is 10.1. The third-order valence-corrected chi connectivity index (χ3v) is 4.88. The molecule has 3 heterocycles. The van der Waals surface area contributed by atoms with Gasteiger partial charge in [-0.1, -0.05) is 30.7 Å². The fourth-order valence-electron chi connectivity index (χ4n) is 3.57. The first-order valence-corrected chi connectivity index (χ1v) is 8.55. The predicted octanol–water partition coefficient (Wildman–Crippen LogP) is 4.52. The average Bonchev–Trinajstić information content (AvgIpc) is 3.02. The van der Waals surface area contributed by atoms with E-state index in [0.717, 1.165) is 12.2 Å². The van der Waals surface area contributed by atoms with Crippen molar-refractivity contribution in [1.82, 2.24) is 14.9 Å². The number of aryl methyl sites for hydroxylation is 1. The van der Waals surface area contributed by atoms with Crippen LogP contribution in [0.15, 0.2) is 42.7 Å². The smallest absolute Gasteiger partial charge is 0.0723 e. The second-order valence-electron chi connectivity index (χ2n) is 6.59. The van der Waals surface area contributed by atoms with E-state index in [1.165, 1.54) is 59.9 Å². The Morgan fingerprint density at radius 2 is 1.96 bits per heavy atom. The van der Waals surface area contributed by atoms with Crippen molar-refractivity contribution < 1.29 is 0 Å². The van der Waals surface area contributed by atoms with Crippen LogP contribution >= 0.6 is 0 Å². The van der Waals surface area contributed by atoms with E-state index in [4.69, 9.17) is 4.98 Å². The molecule has 0 spiro atoms. The summed E-state index contributed by atoms with van der Waals surface area (Å²) in [6, 6.07) is 10.8. The molecule has 1 aliphatic rings. The van der Waals surface area contributed by atoms with E-state index in [1.807, 2.05) is 6.20 Å². The molecule has 118 valence electrons. The maximum Gasteiger partial charge on any atom is 0.0723 e. The largest absolute Gasteiger partial charge is 0.360 e. The molecule has 1 aliphatic heterocycles. The normalized spacial score (nSPS) is 16.0. The molecule has 0 aliphatic carbocycles. The highest BCUT2D eigenvalue weighted by Gasteiger charge is 2.12. The highest BCUT2D eigenvalue weighted by molar-refractivity contribution is 5.96. The molecule has 2 aromatic heterocycles. The van der Waals surface area contributed by atoms with Crippen molar-refractivity contribution in [2.75, 3.05) is 13.1 Å². The Kier molecular flexibility index (Phi) is 3.88. The van der Waals surface area contributed by atoms with Crippen LogP contribution in [0.25, 0.3) is 22.2 Å². The summed E-state index contributed by atoms with van der Waals surface area (Å²) in [5, 5.41) is 1.25. The van der Waals surface area contributed by atoms with Crippen LogP contribution in [0.3, 0.4) is 0 Å². The lowest BCUT2D eigenvalue weighted by Gasteiger charge is -2.26. The van der Waals surface area contributed by atoms with Crippen LogP contribution in [-0.4, -0.2) is 28.0 Å². The van der Waals surface area contributed by atoms with Gasteiger partial charge in [0, 0.05) is 35.4 Å². The van der Waals surface area contributed by atoms with Crippen molar-refractivity contribution in [1.29, 1.82) is 0 Å². The summed E-state index contributed by atoms with van der Waals surface area (Å²) in [4.78, 5) is 10.6. The minimum absolute atomic E-state index is 1.03. The molecule has 0 radical (unpaired) electrons. The molecular weight excluding hydrogens is 282 g/mol. The van der Waals surface area contributed by atoms with Crippen molar-refractivity contribution in [3.8, 4) is 11.3 Å². The summed E-state index contributed by atoms with van der Waals surface area (Å²) in [5.41, 5.74) is 6.03. The molecule has 3 heteroatoms. The van der Waals surface area contributed by atoms with Gasteiger partial charge < -0.3 is 4.98 Å². The van der Waals surface area contributed by atoms with Gasteiger partial charge in [0.15, 0.2) is 0 Å².